The van der Waals surface area contributed by atoms with Gasteiger partial charge in [0.15, 0.2) is 0 Å². The van der Waals surface area contributed by atoms with Crippen molar-refractivity contribution in [3.63, 3.8) is 0 Å². The van der Waals surface area contributed by atoms with Crippen LogP contribution in [0, 0.1) is 5.41 Å². The molecule has 1 fully saturated rings. The van der Waals surface area contributed by atoms with Crippen LogP contribution in [-0.2, 0) is 0 Å². The lowest BCUT2D eigenvalue weighted by molar-refractivity contribution is -0.127. The first-order valence-electron chi connectivity index (χ1n) is 6.08. The Hall–Kier alpha value is -0.180. The van der Waals surface area contributed by atoms with E-state index in [1.807, 2.05) is 25.7 Å². The number of rotatable bonds is 0. The number of hydrogen-bond acceptors (Lipinski definition) is 1. The molecule has 0 aromatic carbocycles. The molecule has 0 amide bonds. The molecule has 1 aliphatic rings. The van der Waals surface area contributed by atoms with Crippen LogP contribution in [0.3, 0.4) is 0 Å². The molecule has 1 atom stereocenters. The highest BCUT2D eigenvalue weighted by atomic mass is 19.3. The molecule has 1 aliphatic heterocycles. The Morgan fingerprint density at radius 1 is 1.06 bits per heavy atom. The number of piperidine rings is 1. The van der Waals surface area contributed by atoms with Crippen molar-refractivity contribution in [2.24, 2.45) is 5.41 Å². The molecule has 0 spiro atoms. The summed E-state index contributed by atoms with van der Waals surface area (Å²) >= 11 is 0. The maximum Gasteiger partial charge on any atom is 0.260 e. The summed E-state index contributed by atoms with van der Waals surface area (Å²) in [6, 6.07) is 0.243. The Bertz CT molecular complexity index is 248. The van der Waals surface area contributed by atoms with E-state index in [0.29, 0.717) is 6.42 Å². The van der Waals surface area contributed by atoms with Crippen molar-refractivity contribution in [3.05, 3.63) is 0 Å². The van der Waals surface area contributed by atoms with Gasteiger partial charge in [0.1, 0.15) is 0 Å². The van der Waals surface area contributed by atoms with Gasteiger partial charge in [-0.05, 0) is 32.6 Å². The van der Waals surface area contributed by atoms with Crippen LogP contribution in [0.1, 0.15) is 54.4 Å². The first kappa shape index (κ1) is 13.9. The fourth-order valence-corrected chi connectivity index (χ4v) is 2.55. The second-order valence-corrected chi connectivity index (χ2v) is 7.08. The highest BCUT2D eigenvalue weighted by Gasteiger charge is 2.47. The second-order valence-electron chi connectivity index (χ2n) is 7.08. The molecule has 1 saturated heterocycles. The number of hydrogen-bond donors (Lipinski definition) is 0. The molecule has 0 saturated carbocycles. The van der Waals surface area contributed by atoms with Gasteiger partial charge in [-0.3, -0.25) is 4.90 Å². The lowest BCUT2D eigenvalue weighted by Gasteiger charge is -2.51. The van der Waals surface area contributed by atoms with Crippen LogP contribution in [0.5, 0.6) is 0 Å². The van der Waals surface area contributed by atoms with E-state index in [-0.39, 0.29) is 30.0 Å². The van der Waals surface area contributed by atoms with Gasteiger partial charge in [0.2, 0.25) is 0 Å². The zero-order chi connectivity index (χ0) is 12.8. The molecule has 96 valence electrons. The van der Waals surface area contributed by atoms with Crippen molar-refractivity contribution in [1.82, 2.24) is 4.90 Å². The molecule has 1 unspecified atom stereocenters. The molecule has 0 aromatic heterocycles. The van der Waals surface area contributed by atoms with Crippen LogP contribution in [-0.4, -0.2) is 28.9 Å². The largest absolute Gasteiger partial charge is 0.289 e. The first-order chi connectivity index (χ1) is 6.93. The minimum atomic E-state index is -2.52. The Morgan fingerprint density at radius 3 is 1.94 bits per heavy atom. The molecular formula is C13H25F2N. The van der Waals surface area contributed by atoms with Crippen molar-refractivity contribution in [3.8, 4) is 0 Å². The fourth-order valence-electron chi connectivity index (χ4n) is 2.55. The van der Waals surface area contributed by atoms with Crippen LogP contribution >= 0.6 is 0 Å². The average molecular weight is 233 g/mol. The quantitative estimate of drug-likeness (QED) is 0.612. The minimum absolute atomic E-state index is 0.0293. The maximum absolute atomic E-state index is 13.5. The third-order valence-corrected chi connectivity index (χ3v) is 3.42. The van der Waals surface area contributed by atoms with Gasteiger partial charge in [-0.15, -0.1) is 0 Å². The molecule has 0 aliphatic carbocycles. The van der Waals surface area contributed by atoms with Crippen LogP contribution in [0.15, 0.2) is 0 Å². The van der Waals surface area contributed by atoms with Crippen molar-refractivity contribution >= 4 is 0 Å². The first-order valence-corrected chi connectivity index (χ1v) is 6.08. The van der Waals surface area contributed by atoms with Crippen molar-refractivity contribution in [2.75, 3.05) is 6.54 Å². The number of halogens is 2. The van der Waals surface area contributed by atoms with Gasteiger partial charge in [0.25, 0.3) is 5.92 Å². The number of alkyl halides is 2. The second kappa shape index (κ2) is 3.94. The molecule has 1 rings (SSSR count). The topological polar surface area (TPSA) is 3.24 Å². The summed E-state index contributed by atoms with van der Waals surface area (Å²) < 4.78 is 27.0. The van der Waals surface area contributed by atoms with Gasteiger partial charge < -0.3 is 0 Å². The SMILES string of the molecule is CC(C)(C)C1CCC(F)(F)CN1C(C)(C)C. The van der Waals surface area contributed by atoms with Gasteiger partial charge in [-0.25, -0.2) is 8.78 Å². The van der Waals surface area contributed by atoms with Crippen molar-refractivity contribution < 1.29 is 8.78 Å². The average Bonchev–Trinajstić information content (AvgIpc) is 1.97. The normalized spacial score (nSPS) is 28.1. The zero-order valence-electron chi connectivity index (χ0n) is 11.4. The van der Waals surface area contributed by atoms with Gasteiger partial charge in [0, 0.05) is 18.0 Å². The molecule has 0 aromatic rings. The highest BCUT2D eigenvalue weighted by molar-refractivity contribution is 4.96. The molecule has 16 heavy (non-hydrogen) atoms. The van der Waals surface area contributed by atoms with Crippen molar-refractivity contribution in [2.45, 2.75) is 71.9 Å². The van der Waals surface area contributed by atoms with E-state index in [2.05, 4.69) is 20.8 Å². The standard InChI is InChI=1S/C13H25F2N/c1-11(2,3)10-7-8-13(14,15)9-16(10)12(4,5)6/h10H,7-9H2,1-6H3. The van der Waals surface area contributed by atoms with Crippen molar-refractivity contribution in [1.29, 1.82) is 0 Å². The molecule has 0 radical (unpaired) electrons. The fraction of sp³-hybridized carbons (Fsp3) is 1.00. The van der Waals surface area contributed by atoms with Gasteiger partial charge in [-0.1, -0.05) is 20.8 Å². The predicted molar refractivity (Wildman–Crippen MR) is 63.9 cm³/mol. The van der Waals surface area contributed by atoms with Crippen LogP contribution in [0.2, 0.25) is 0 Å². The minimum Gasteiger partial charge on any atom is -0.289 e. The Balaban J connectivity index is 2.94. The number of nitrogens with zero attached hydrogens (tertiary/aromatic N) is 1. The molecular weight excluding hydrogens is 208 g/mol. The number of likely N-dealkylation sites (tertiary alicyclic amines) is 1. The monoisotopic (exact) mass is 233 g/mol. The summed E-state index contributed by atoms with van der Waals surface area (Å²) in [6.45, 7) is 12.4. The Kier molecular flexibility index (Phi) is 3.41. The predicted octanol–water partition coefficient (Wildman–Crippen LogP) is 3.93. The summed E-state index contributed by atoms with van der Waals surface area (Å²) in [5.74, 6) is -2.52. The van der Waals surface area contributed by atoms with Crippen LogP contribution in [0.4, 0.5) is 8.78 Å². The third kappa shape index (κ3) is 3.16. The highest BCUT2D eigenvalue weighted by Crippen LogP contribution is 2.40. The Labute approximate surface area is 98.2 Å². The summed E-state index contributed by atoms with van der Waals surface area (Å²) in [5, 5.41) is 0. The lowest BCUT2D eigenvalue weighted by atomic mass is 9.78. The lowest BCUT2D eigenvalue weighted by Crippen LogP contribution is -2.60. The summed E-state index contributed by atoms with van der Waals surface area (Å²) in [7, 11) is 0. The smallest absolute Gasteiger partial charge is 0.260 e. The molecule has 1 heterocycles. The van der Waals surface area contributed by atoms with E-state index in [0.717, 1.165) is 0 Å². The van der Waals surface area contributed by atoms with Gasteiger partial charge in [0.05, 0.1) is 6.54 Å². The maximum atomic E-state index is 13.5. The van der Waals surface area contributed by atoms with E-state index in [1.165, 1.54) is 0 Å². The third-order valence-electron chi connectivity index (χ3n) is 3.42. The molecule has 3 heteroatoms. The summed E-state index contributed by atoms with van der Waals surface area (Å²) in [4.78, 5) is 1.98. The molecule has 0 N–H and O–H groups in total. The van der Waals surface area contributed by atoms with E-state index in [9.17, 15) is 8.78 Å². The van der Waals surface area contributed by atoms with E-state index in [4.69, 9.17) is 0 Å². The Morgan fingerprint density at radius 2 is 1.56 bits per heavy atom. The van der Waals surface area contributed by atoms with Crippen LogP contribution < -0.4 is 0 Å². The van der Waals surface area contributed by atoms with E-state index in [1.54, 1.807) is 0 Å². The zero-order valence-corrected chi connectivity index (χ0v) is 11.4. The molecule has 1 nitrogen and oxygen atoms in total. The summed E-state index contributed by atoms with van der Waals surface area (Å²) in [5.41, 5.74) is -0.133. The van der Waals surface area contributed by atoms with Crippen LogP contribution in [0.25, 0.3) is 0 Å². The van der Waals surface area contributed by atoms with Gasteiger partial charge in [-0.2, -0.15) is 0 Å². The van der Waals surface area contributed by atoms with Gasteiger partial charge >= 0.3 is 0 Å². The van der Waals surface area contributed by atoms with E-state index < -0.39 is 5.92 Å². The molecule has 0 bridgehead atoms. The summed E-state index contributed by atoms with van der Waals surface area (Å²) in [6.07, 6.45) is 0.620. The van der Waals surface area contributed by atoms with E-state index >= 15 is 0 Å².